The Morgan fingerprint density at radius 2 is 2.05 bits per heavy atom. The standard InChI is InChI=1S/C16H19N3O2/c1-13-7-8-16(20)19(17-13)12-18-9-10-21-15(11-18)14-5-3-2-4-6-14/h2-8,15H,9-12H2,1H3/t15-/m0/s1. The summed E-state index contributed by atoms with van der Waals surface area (Å²) in [4.78, 5) is 14.0. The van der Waals surface area contributed by atoms with Crippen LogP contribution in [0.15, 0.2) is 47.3 Å². The maximum absolute atomic E-state index is 11.8. The average Bonchev–Trinajstić information content (AvgIpc) is 2.52. The second-order valence-corrected chi connectivity index (χ2v) is 5.30. The van der Waals surface area contributed by atoms with E-state index in [1.807, 2.05) is 25.1 Å². The molecule has 1 fully saturated rings. The molecular formula is C16H19N3O2. The van der Waals surface area contributed by atoms with Gasteiger partial charge in [0.25, 0.3) is 5.56 Å². The minimum Gasteiger partial charge on any atom is -0.371 e. The molecule has 1 saturated heterocycles. The Labute approximate surface area is 123 Å². The zero-order valence-corrected chi connectivity index (χ0v) is 12.1. The van der Waals surface area contributed by atoms with E-state index < -0.39 is 0 Å². The molecule has 0 amide bonds. The lowest BCUT2D eigenvalue weighted by molar-refractivity contribution is -0.0422. The molecule has 1 aromatic carbocycles. The van der Waals surface area contributed by atoms with E-state index >= 15 is 0 Å². The van der Waals surface area contributed by atoms with Crippen LogP contribution < -0.4 is 5.56 Å². The summed E-state index contributed by atoms with van der Waals surface area (Å²) in [5.41, 5.74) is 1.96. The molecule has 0 saturated carbocycles. The van der Waals surface area contributed by atoms with Crippen LogP contribution in [0.5, 0.6) is 0 Å². The van der Waals surface area contributed by atoms with E-state index in [4.69, 9.17) is 4.74 Å². The summed E-state index contributed by atoms with van der Waals surface area (Å²) in [7, 11) is 0. The summed E-state index contributed by atoms with van der Waals surface area (Å²) >= 11 is 0. The van der Waals surface area contributed by atoms with Gasteiger partial charge < -0.3 is 4.74 Å². The van der Waals surface area contributed by atoms with E-state index in [2.05, 4.69) is 22.1 Å². The molecule has 0 spiro atoms. The minimum absolute atomic E-state index is 0.0560. The van der Waals surface area contributed by atoms with Crippen molar-refractivity contribution in [1.82, 2.24) is 14.7 Å². The Morgan fingerprint density at radius 3 is 2.86 bits per heavy atom. The molecule has 0 N–H and O–H groups in total. The SMILES string of the molecule is Cc1ccc(=O)n(CN2CCO[C@H](c3ccccc3)C2)n1. The normalized spacial score (nSPS) is 19.6. The predicted octanol–water partition coefficient (Wildman–Crippen LogP) is 1.58. The average molecular weight is 285 g/mol. The van der Waals surface area contributed by atoms with Gasteiger partial charge >= 0.3 is 0 Å². The van der Waals surface area contributed by atoms with Gasteiger partial charge in [-0.2, -0.15) is 5.10 Å². The van der Waals surface area contributed by atoms with E-state index in [0.29, 0.717) is 13.3 Å². The molecule has 5 nitrogen and oxygen atoms in total. The molecule has 3 rings (SSSR count). The molecule has 1 aliphatic rings. The molecule has 21 heavy (non-hydrogen) atoms. The van der Waals surface area contributed by atoms with Crippen LogP contribution >= 0.6 is 0 Å². The highest BCUT2D eigenvalue weighted by Crippen LogP contribution is 2.21. The van der Waals surface area contributed by atoms with Crippen LogP contribution in [0.25, 0.3) is 0 Å². The van der Waals surface area contributed by atoms with Crippen molar-refractivity contribution in [2.75, 3.05) is 19.7 Å². The number of hydrogen-bond donors (Lipinski definition) is 0. The Morgan fingerprint density at radius 1 is 1.24 bits per heavy atom. The summed E-state index contributed by atoms with van der Waals surface area (Å²) in [6.07, 6.45) is 0.0560. The Hall–Kier alpha value is -1.98. The van der Waals surface area contributed by atoms with Gasteiger partial charge in [-0.25, -0.2) is 4.68 Å². The molecule has 1 aromatic heterocycles. The van der Waals surface area contributed by atoms with Gasteiger partial charge in [-0.1, -0.05) is 30.3 Å². The molecule has 110 valence electrons. The first kappa shape index (κ1) is 14.0. The van der Waals surface area contributed by atoms with Crippen LogP contribution in [-0.2, 0) is 11.4 Å². The number of morpholine rings is 1. The van der Waals surface area contributed by atoms with E-state index in [1.165, 1.54) is 10.2 Å². The van der Waals surface area contributed by atoms with Crippen LogP contribution in [0.3, 0.4) is 0 Å². The predicted molar refractivity (Wildman–Crippen MR) is 79.9 cm³/mol. The van der Waals surface area contributed by atoms with E-state index in [1.54, 1.807) is 12.1 Å². The van der Waals surface area contributed by atoms with Crippen LogP contribution in [0.4, 0.5) is 0 Å². The fourth-order valence-electron chi connectivity index (χ4n) is 2.54. The van der Waals surface area contributed by atoms with E-state index in [0.717, 1.165) is 18.8 Å². The Bertz CT molecular complexity index is 654. The van der Waals surface area contributed by atoms with Crippen LogP contribution in [0.2, 0.25) is 0 Å². The number of rotatable bonds is 3. The van der Waals surface area contributed by atoms with Gasteiger partial charge in [0.05, 0.1) is 25.1 Å². The molecule has 1 atom stereocenters. The van der Waals surface area contributed by atoms with E-state index in [9.17, 15) is 4.79 Å². The molecule has 1 aliphatic heterocycles. The summed E-state index contributed by atoms with van der Waals surface area (Å²) in [6, 6.07) is 13.5. The lowest BCUT2D eigenvalue weighted by Crippen LogP contribution is -2.42. The molecule has 2 heterocycles. The van der Waals surface area contributed by atoms with Gasteiger partial charge in [0.15, 0.2) is 0 Å². The van der Waals surface area contributed by atoms with Gasteiger partial charge in [0.2, 0.25) is 0 Å². The Kier molecular flexibility index (Phi) is 4.13. The topological polar surface area (TPSA) is 47.4 Å². The molecular weight excluding hydrogens is 266 g/mol. The van der Waals surface area contributed by atoms with Crippen LogP contribution in [-0.4, -0.2) is 34.4 Å². The van der Waals surface area contributed by atoms with E-state index in [-0.39, 0.29) is 11.7 Å². The number of ether oxygens (including phenoxy) is 1. The van der Waals surface area contributed by atoms with Crippen LogP contribution in [0, 0.1) is 6.92 Å². The lowest BCUT2D eigenvalue weighted by atomic mass is 10.1. The third-order valence-electron chi connectivity index (χ3n) is 3.66. The third-order valence-corrected chi connectivity index (χ3v) is 3.66. The number of aromatic nitrogens is 2. The van der Waals surface area contributed by atoms with Gasteiger partial charge in [-0.15, -0.1) is 0 Å². The molecule has 2 aromatic rings. The maximum Gasteiger partial charge on any atom is 0.267 e. The summed E-state index contributed by atoms with van der Waals surface area (Å²) in [5, 5.41) is 4.29. The number of nitrogens with zero attached hydrogens (tertiary/aromatic N) is 3. The molecule has 5 heteroatoms. The highest BCUT2D eigenvalue weighted by molar-refractivity contribution is 5.18. The van der Waals surface area contributed by atoms with Gasteiger partial charge in [-0.3, -0.25) is 9.69 Å². The van der Waals surface area contributed by atoms with Gasteiger partial charge in [-0.05, 0) is 18.6 Å². The second-order valence-electron chi connectivity index (χ2n) is 5.30. The summed E-state index contributed by atoms with van der Waals surface area (Å²) in [5.74, 6) is 0. The van der Waals surface area contributed by atoms with Crippen molar-refractivity contribution in [3.05, 3.63) is 64.1 Å². The molecule has 0 radical (unpaired) electrons. The molecule has 0 aliphatic carbocycles. The quantitative estimate of drug-likeness (QED) is 0.859. The highest BCUT2D eigenvalue weighted by Gasteiger charge is 2.22. The van der Waals surface area contributed by atoms with Crippen molar-refractivity contribution in [3.8, 4) is 0 Å². The molecule has 0 bridgehead atoms. The summed E-state index contributed by atoms with van der Waals surface area (Å²) < 4.78 is 7.35. The van der Waals surface area contributed by atoms with Crippen molar-refractivity contribution in [2.24, 2.45) is 0 Å². The lowest BCUT2D eigenvalue weighted by Gasteiger charge is -2.33. The number of aryl methyl sites for hydroxylation is 1. The van der Waals surface area contributed by atoms with Gasteiger partial charge in [0.1, 0.15) is 0 Å². The van der Waals surface area contributed by atoms with Crippen molar-refractivity contribution in [3.63, 3.8) is 0 Å². The first-order valence-corrected chi connectivity index (χ1v) is 7.16. The minimum atomic E-state index is -0.0663. The van der Waals surface area contributed by atoms with Crippen molar-refractivity contribution in [1.29, 1.82) is 0 Å². The van der Waals surface area contributed by atoms with Gasteiger partial charge in [0, 0.05) is 19.2 Å². The number of hydrogen-bond acceptors (Lipinski definition) is 4. The number of benzene rings is 1. The molecule has 0 unspecified atom stereocenters. The monoisotopic (exact) mass is 285 g/mol. The largest absolute Gasteiger partial charge is 0.371 e. The highest BCUT2D eigenvalue weighted by atomic mass is 16.5. The smallest absolute Gasteiger partial charge is 0.267 e. The first-order chi connectivity index (χ1) is 10.2. The third kappa shape index (κ3) is 3.37. The van der Waals surface area contributed by atoms with Crippen molar-refractivity contribution >= 4 is 0 Å². The fraction of sp³-hybridized carbons (Fsp3) is 0.375. The van der Waals surface area contributed by atoms with Crippen LogP contribution in [0.1, 0.15) is 17.4 Å². The zero-order chi connectivity index (χ0) is 14.7. The van der Waals surface area contributed by atoms with Crippen molar-refractivity contribution < 1.29 is 4.74 Å². The maximum atomic E-state index is 11.8. The zero-order valence-electron chi connectivity index (χ0n) is 12.1. The Balaban J connectivity index is 1.72. The first-order valence-electron chi connectivity index (χ1n) is 7.16. The fourth-order valence-corrected chi connectivity index (χ4v) is 2.54. The second kappa shape index (κ2) is 6.20. The van der Waals surface area contributed by atoms with Crippen molar-refractivity contribution in [2.45, 2.75) is 19.7 Å². The summed E-state index contributed by atoms with van der Waals surface area (Å²) in [6.45, 7) is 4.65.